The van der Waals surface area contributed by atoms with Crippen molar-refractivity contribution >= 4 is 11.9 Å². The molecule has 0 fully saturated rings. The van der Waals surface area contributed by atoms with Crippen LogP contribution in [-0.4, -0.2) is 11.9 Å². The molecule has 0 aliphatic carbocycles. The van der Waals surface area contributed by atoms with Gasteiger partial charge in [0.15, 0.2) is 0 Å². The van der Waals surface area contributed by atoms with Gasteiger partial charge >= 0.3 is 11.9 Å². The quantitative estimate of drug-likeness (QED) is 0.639. The first-order valence-electron chi connectivity index (χ1n) is 6.89. The van der Waals surface area contributed by atoms with Crippen molar-refractivity contribution in [2.45, 2.75) is 26.7 Å². The number of carbonyl (C=O) groups is 2. The number of hydrogen-bond acceptors (Lipinski definition) is 3. The number of ether oxygens (including phenoxy) is 1. The molecular formula is C18H18O3. The first kappa shape index (κ1) is 15.0. The third-order valence-corrected chi connectivity index (χ3v) is 3.42. The lowest BCUT2D eigenvalue weighted by atomic mass is 10.1. The molecule has 0 amide bonds. The van der Waals surface area contributed by atoms with E-state index in [1.54, 1.807) is 0 Å². The zero-order chi connectivity index (χ0) is 15.2. The summed E-state index contributed by atoms with van der Waals surface area (Å²) in [5.41, 5.74) is 3.79. The van der Waals surface area contributed by atoms with E-state index < -0.39 is 11.9 Å². The maximum atomic E-state index is 11.8. The van der Waals surface area contributed by atoms with Gasteiger partial charge in [0.1, 0.15) is 0 Å². The summed E-state index contributed by atoms with van der Waals surface area (Å²) in [6.07, 6.45) is 0.234. The second kappa shape index (κ2) is 6.84. The molecule has 0 bridgehead atoms. The van der Waals surface area contributed by atoms with Gasteiger partial charge in [0.2, 0.25) is 0 Å². The molecule has 0 unspecified atom stereocenters. The summed E-state index contributed by atoms with van der Waals surface area (Å²) in [4.78, 5) is 23.6. The van der Waals surface area contributed by atoms with Gasteiger partial charge in [0.25, 0.3) is 0 Å². The summed E-state index contributed by atoms with van der Waals surface area (Å²) in [6, 6.07) is 15.1. The molecule has 0 aliphatic rings. The van der Waals surface area contributed by atoms with Crippen LogP contribution in [0, 0.1) is 13.8 Å². The van der Waals surface area contributed by atoms with Crippen molar-refractivity contribution in [2.75, 3.05) is 0 Å². The highest BCUT2D eigenvalue weighted by atomic mass is 16.6. The third-order valence-electron chi connectivity index (χ3n) is 3.42. The molecule has 0 spiro atoms. The summed E-state index contributed by atoms with van der Waals surface area (Å²) < 4.78 is 4.89. The van der Waals surface area contributed by atoms with Crippen molar-refractivity contribution in [3.05, 3.63) is 70.8 Å². The fourth-order valence-corrected chi connectivity index (χ4v) is 2.13. The van der Waals surface area contributed by atoms with Crippen LogP contribution in [0.1, 0.15) is 22.3 Å². The second-order valence-electron chi connectivity index (χ2n) is 5.05. The highest BCUT2D eigenvalue weighted by molar-refractivity contribution is 5.87. The fraction of sp³-hybridized carbons (Fsp3) is 0.222. The van der Waals surface area contributed by atoms with Crippen LogP contribution in [0.4, 0.5) is 0 Å². The maximum Gasteiger partial charge on any atom is 0.317 e. The number of hydrogen-bond donors (Lipinski definition) is 0. The molecule has 0 saturated carbocycles. The van der Waals surface area contributed by atoms with Crippen molar-refractivity contribution in [3.8, 4) is 0 Å². The van der Waals surface area contributed by atoms with E-state index >= 15 is 0 Å². The van der Waals surface area contributed by atoms with Crippen molar-refractivity contribution < 1.29 is 14.3 Å². The molecule has 0 radical (unpaired) electrons. The number of benzene rings is 2. The largest absolute Gasteiger partial charge is 0.393 e. The van der Waals surface area contributed by atoms with E-state index in [9.17, 15) is 9.59 Å². The van der Waals surface area contributed by atoms with Crippen LogP contribution < -0.4 is 0 Å². The van der Waals surface area contributed by atoms with Gasteiger partial charge in [0, 0.05) is 0 Å². The van der Waals surface area contributed by atoms with E-state index in [0.29, 0.717) is 0 Å². The zero-order valence-electron chi connectivity index (χ0n) is 12.3. The van der Waals surface area contributed by atoms with E-state index in [1.807, 2.05) is 62.4 Å². The van der Waals surface area contributed by atoms with Gasteiger partial charge in [-0.25, -0.2) is 0 Å². The molecule has 2 rings (SSSR count). The monoisotopic (exact) mass is 282 g/mol. The van der Waals surface area contributed by atoms with E-state index in [4.69, 9.17) is 4.74 Å². The van der Waals surface area contributed by atoms with Gasteiger partial charge in [-0.15, -0.1) is 0 Å². The van der Waals surface area contributed by atoms with Gasteiger partial charge in [-0.2, -0.15) is 0 Å². The number of rotatable bonds is 4. The maximum absolute atomic E-state index is 11.8. The van der Waals surface area contributed by atoms with Crippen molar-refractivity contribution in [1.82, 2.24) is 0 Å². The molecule has 0 saturated heterocycles. The molecule has 108 valence electrons. The van der Waals surface area contributed by atoms with Gasteiger partial charge < -0.3 is 4.74 Å². The van der Waals surface area contributed by atoms with Crippen LogP contribution in [0.3, 0.4) is 0 Å². The minimum atomic E-state index is -0.511. The highest BCUT2D eigenvalue weighted by Gasteiger charge is 2.13. The van der Waals surface area contributed by atoms with Gasteiger partial charge in [-0.05, 0) is 36.1 Å². The number of carbonyl (C=O) groups excluding carboxylic acids is 2. The Morgan fingerprint density at radius 1 is 0.762 bits per heavy atom. The van der Waals surface area contributed by atoms with E-state index in [0.717, 1.165) is 22.3 Å². The van der Waals surface area contributed by atoms with Crippen LogP contribution in [0.5, 0.6) is 0 Å². The normalized spacial score (nSPS) is 10.2. The van der Waals surface area contributed by atoms with Crippen LogP contribution in [-0.2, 0) is 27.2 Å². The lowest BCUT2D eigenvalue weighted by molar-refractivity contribution is -0.158. The summed E-state index contributed by atoms with van der Waals surface area (Å²) in [6.45, 7) is 3.86. The number of esters is 2. The average molecular weight is 282 g/mol. The number of aryl methyl sites for hydroxylation is 2. The Labute approximate surface area is 124 Å². The molecule has 21 heavy (non-hydrogen) atoms. The lowest BCUT2D eigenvalue weighted by Crippen LogP contribution is -2.17. The molecular weight excluding hydrogens is 264 g/mol. The van der Waals surface area contributed by atoms with Crippen LogP contribution in [0.25, 0.3) is 0 Å². The first-order valence-corrected chi connectivity index (χ1v) is 6.89. The summed E-state index contributed by atoms with van der Waals surface area (Å²) in [7, 11) is 0. The Morgan fingerprint density at radius 3 is 1.52 bits per heavy atom. The summed E-state index contributed by atoms with van der Waals surface area (Å²) >= 11 is 0. The highest BCUT2D eigenvalue weighted by Crippen LogP contribution is 2.10. The standard InChI is InChI=1S/C18H18O3/c1-13-7-3-5-9-15(13)11-17(19)21-18(20)12-16-10-6-4-8-14(16)2/h3-10H,11-12H2,1-2H3. The molecule has 3 nitrogen and oxygen atoms in total. The van der Waals surface area contributed by atoms with Crippen molar-refractivity contribution in [2.24, 2.45) is 0 Å². The Morgan fingerprint density at radius 2 is 1.14 bits per heavy atom. The Hall–Kier alpha value is -2.42. The predicted octanol–water partition coefficient (Wildman–Crippen LogP) is 3.16. The molecule has 0 heterocycles. The smallest absolute Gasteiger partial charge is 0.317 e. The van der Waals surface area contributed by atoms with Gasteiger partial charge in [-0.3, -0.25) is 9.59 Å². The SMILES string of the molecule is Cc1ccccc1CC(=O)OC(=O)Cc1ccccc1C. The average Bonchev–Trinajstić information content (AvgIpc) is 2.44. The van der Waals surface area contributed by atoms with Gasteiger partial charge in [-0.1, -0.05) is 48.5 Å². The molecule has 2 aromatic carbocycles. The molecule has 0 N–H and O–H groups in total. The van der Waals surface area contributed by atoms with Crippen molar-refractivity contribution in [1.29, 1.82) is 0 Å². The zero-order valence-corrected chi connectivity index (χ0v) is 12.3. The first-order chi connectivity index (χ1) is 10.1. The summed E-state index contributed by atoms with van der Waals surface area (Å²) in [5.74, 6) is -1.02. The van der Waals surface area contributed by atoms with E-state index in [-0.39, 0.29) is 12.8 Å². The topological polar surface area (TPSA) is 43.4 Å². The molecule has 2 aromatic rings. The third kappa shape index (κ3) is 4.28. The Balaban J connectivity index is 1.93. The van der Waals surface area contributed by atoms with Crippen LogP contribution in [0.2, 0.25) is 0 Å². The molecule has 0 aliphatic heterocycles. The van der Waals surface area contributed by atoms with Crippen molar-refractivity contribution in [3.63, 3.8) is 0 Å². The van der Waals surface area contributed by atoms with E-state index in [1.165, 1.54) is 0 Å². The minimum Gasteiger partial charge on any atom is -0.393 e. The Bertz CT molecular complexity index is 602. The minimum absolute atomic E-state index is 0.117. The molecule has 0 atom stereocenters. The Kier molecular flexibility index (Phi) is 4.88. The van der Waals surface area contributed by atoms with Gasteiger partial charge in [0.05, 0.1) is 12.8 Å². The lowest BCUT2D eigenvalue weighted by Gasteiger charge is -2.07. The molecule has 0 aromatic heterocycles. The molecule has 3 heteroatoms. The fourth-order valence-electron chi connectivity index (χ4n) is 2.13. The van der Waals surface area contributed by atoms with Crippen LogP contribution in [0.15, 0.2) is 48.5 Å². The second-order valence-corrected chi connectivity index (χ2v) is 5.05. The summed E-state index contributed by atoms with van der Waals surface area (Å²) in [5, 5.41) is 0. The predicted molar refractivity (Wildman–Crippen MR) is 80.9 cm³/mol. The van der Waals surface area contributed by atoms with Crippen LogP contribution >= 0.6 is 0 Å². The van der Waals surface area contributed by atoms with E-state index in [2.05, 4.69) is 0 Å².